The van der Waals surface area contributed by atoms with Gasteiger partial charge in [0.15, 0.2) is 0 Å². The van der Waals surface area contributed by atoms with E-state index >= 15 is 0 Å². The van der Waals surface area contributed by atoms with E-state index in [-0.39, 0.29) is 6.42 Å². The van der Waals surface area contributed by atoms with Crippen LogP contribution in [0.5, 0.6) is 0 Å². The van der Waals surface area contributed by atoms with Crippen LogP contribution in [0.2, 0.25) is 0 Å². The monoisotopic (exact) mass is 231 g/mol. The van der Waals surface area contributed by atoms with E-state index in [4.69, 9.17) is 5.11 Å². The van der Waals surface area contributed by atoms with E-state index in [1.54, 1.807) is 31.2 Å². The first kappa shape index (κ1) is 12.8. The Morgan fingerprint density at radius 3 is 2.53 bits per heavy atom. The minimum Gasteiger partial charge on any atom is -0.481 e. The molecule has 2 N–H and O–H groups in total. The summed E-state index contributed by atoms with van der Waals surface area (Å²) in [7, 11) is 0. The van der Waals surface area contributed by atoms with Crippen molar-refractivity contribution in [3.05, 3.63) is 35.9 Å². The van der Waals surface area contributed by atoms with Crippen LogP contribution in [0.4, 0.5) is 0 Å². The maximum Gasteiger partial charge on any atom is 0.305 e. The Bertz CT molecular complexity index is 457. The molecule has 0 aliphatic heterocycles. The number of carboxylic acid groups (broad SMARTS) is 1. The van der Waals surface area contributed by atoms with Crippen LogP contribution in [0.25, 0.3) is 0 Å². The van der Waals surface area contributed by atoms with E-state index in [1.165, 1.54) is 0 Å². The second-order valence-corrected chi connectivity index (χ2v) is 3.41. The van der Waals surface area contributed by atoms with Crippen LogP contribution in [-0.2, 0) is 9.59 Å². The standard InChI is InChI=1S/C13H13NO3/c1-2-6-12(15)14-11(9-13(16)17)10-7-4-3-5-8-10/h3-5,7-8,11H,9H2,1H3,(H,14,15)(H,16,17). The average molecular weight is 231 g/mol. The largest absolute Gasteiger partial charge is 0.481 e. The zero-order valence-corrected chi connectivity index (χ0v) is 9.43. The molecule has 0 spiro atoms. The van der Waals surface area contributed by atoms with Crippen molar-refractivity contribution in [3.63, 3.8) is 0 Å². The Balaban J connectivity index is 2.83. The summed E-state index contributed by atoms with van der Waals surface area (Å²) in [6.07, 6.45) is -0.166. The molecule has 1 aromatic rings. The highest BCUT2D eigenvalue weighted by Gasteiger charge is 2.16. The van der Waals surface area contributed by atoms with Crippen LogP contribution in [0.3, 0.4) is 0 Å². The molecule has 1 aromatic carbocycles. The number of hydrogen-bond donors (Lipinski definition) is 2. The molecule has 0 aliphatic rings. The van der Waals surface area contributed by atoms with Crippen LogP contribution in [0, 0.1) is 11.8 Å². The third kappa shape index (κ3) is 4.39. The van der Waals surface area contributed by atoms with E-state index < -0.39 is 17.9 Å². The minimum absolute atomic E-state index is 0.166. The molecule has 17 heavy (non-hydrogen) atoms. The molecule has 0 saturated carbocycles. The van der Waals surface area contributed by atoms with Gasteiger partial charge in [0.2, 0.25) is 0 Å². The summed E-state index contributed by atoms with van der Waals surface area (Å²) < 4.78 is 0. The zero-order chi connectivity index (χ0) is 12.7. The molecule has 0 fully saturated rings. The molecule has 4 nitrogen and oxygen atoms in total. The zero-order valence-electron chi connectivity index (χ0n) is 9.43. The van der Waals surface area contributed by atoms with Gasteiger partial charge in [0.1, 0.15) is 0 Å². The third-order valence-corrected chi connectivity index (χ3v) is 2.12. The van der Waals surface area contributed by atoms with Crippen molar-refractivity contribution in [2.45, 2.75) is 19.4 Å². The van der Waals surface area contributed by atoms with Gasteiger partial charge in [0.05, 0.1) is 12.5 Å². The third-order valence-electron chi connectivity index (χ3n) is 2.12. The van der Waals surface area contributed by atoms with Crippen molar-refractivity contribution in [3.8, 4) is 11.8 Å². The molecular weight excluding hydrogens is 218 g/mol. The average Bonchev–Trinajstić information content (AvgIpc) is 2.29. The van der Waals surface area contributed by atoms with Crippen LogP contribution in [-0.4, -0.2) is 17.0 Å². The van der Waals surface area contributed by atoms with Gasteiger partial charge in [-0.05, 0) is 18.4 Å². The van der Waals surface area contributed by atoms with Gasteiger partial charge in [-0.2, -0.15) is 0 Å². The first-order valence-electron chi connectivity index (χ1n) is 5.13. The Morgan fingerprint density at radius 2 is 2.00 bits per heavy atom. The predicted molar refractivity (Wildman–Crippen MR) is 63.0 cm³/mol. The summed E-state index contributed by atoms with van der Waals surface area (Å²) in [6, 6.07) is 8.40. The highest BCUT2D eigenvalue weighted by atomic mass is 16.4. The predicted octanol–water partition coefficient (Wildman–Crippen LogP) is 1.34. The van der Waals surface area contributed by atoms with Gasteiger partial charge in [-0.1, -0.05) is 36.3 Å². The van der Waals surface area contributed by atoms with E-state index in [0.717, 1.165) is 5.56 Å². The van der Waals surface area contributed by atoms with Crippen molar-refractivity contribution in [2.24, 2.45) is 0 Å². The van der Waals surface area contributed by atoms with Crippen LogP contribution in [0.15, 0.2) is 30.3 Å². The highest BCUT2D eigenvalue weighted by molar-refractivity contribution is 5.93. The molecule has 0 bridgehead atoms. The molecule has 0 radical (unpaired) electrons. The summed E-state index contributed by atoms with van der Waals surface area (Å²) in [5.74, 6) is 3.36. The topological polar surface area (TPSA) is 66.4 Å². The number of carbonyl (C=O) groups excluding carboxylic acids is 1. The molecule has 0 aliphatic carbocycles. The van der Waals surface area contributed by atoms with Crippen molar-refractivity contribution in [1.82, 2.24) is 5.32 Å². The molecule has 0 saturated heterocycles. The van der Waals surface area contributed by atoms with Crippen molar-refractivity contribution in [2.75, 3.05) is 0 Å². The van der Waals surface area contributed by atoms with Gasteiger partial charge in [-0.15, -0.1) is 0 Å². The second kappa shape index (κ2) is 6.33. The number of carbonyl (C=O) groups is 2. The fourth-order valence-corrected chi connectivity index (χ4v) is 1.42. The fraction of sp³-hybridized carbons (Fsp3) is 0.231. The Kier molecular flexibility index (Phi) is 4.77. The number of aliphatic carboxylic acids is 1. The lowest BCUT2D eigenvalue weighted by molar-refractivity contribution is -0.137. The van der Waals surface area contributed by atoms with E-state index in [0.29, 0.717) is 0 Å². The lowest BCUT2D eigenvalue weighted by Crippen LogP contribution is -2.29. The molecule has 0 aromatic heterocycles. The molecule has 1 atom stereocenters. The van der Waals surface area contributed by atoms with Gasteiger partial charge >= 0.3 is 5.97 Å². The van der Waals surface area contributed by atoms with Gasteiger partial charge < -0.3 is 10.4 Å². The molecule has 1 amide bonds. The summed E-state index contributed by atoms with van der Waals surface area (Å²) >= 11 is 0. The Labute approximate surface area is 99.7 Å². The van der Waals surface area contributed by atoms with Crippen LogP contribution >= 0.6 is 0 Å². The lowest BCUT2D eigenvalue weighted by Gasteiger charge is -2.15. The Hall–Kier alpha value is -2.28. The van der Waals surface area contributed by atoms with E-state index in [9.17, 15) is 9.59 Å². The fourth-order valence-electron chi connectivity index (χ4n) is 1.42. The Morgan fingerprint density at radius 1 is 1.35 bits per heavy atom. The van der Waals surface area contributed by atoms with Crippen molar-refractivity contribution < 1.29 is 14.7 Å². The number of benzene rings is 1. The van der Waals surface area contributed by atoms with Gasteiger partial charge in [0.25, 0.3) is 5.91 Å². The lowest BCUT2D eigenvalue weighted by atomic mass is 10.0. The smallest absolute Gasteiger partial charge is 0.305 e. The number of carboxylic acids is 1. The summed E-state index contributed by atoms with van der Waals surface area (Å²) in [4.78, 5) is 22.1. The van der Waals surface area contributed by atoms with Gasteiger partial charge in [-0.25, -0.2) is 0 Å². The quantitative estimate of drug-likeness (QED) is 0.768. The molecule has 1 rings (SSSR count). The SMILES string of the molecule is CC#CC(=O)NC(CC(=O)O)c1ccccc1. The number of rotatable bonds is 4. The molecule has 4 heteroatoms. The van der Waals surface area contributed by atoms with E-state index in [1.807, 2.05) is 6.07 Å². The maximum atomic E-state index is 11.3. The summed E-state index contributed by atoms with van der Waals surface area (Å²) in [5.41, 5.74) is 0.751. The summed E-state index contributed by atoms with van der Waals surface area (Å²) in [6.45, 7) is 1.55. The van der Waals surface area contributed by atoms with E-state index in [2.05, 4.69) is 17.2 Å². The number of amides is 1. The molecule has 1 unspecified atom stereocenters. The first-order chi connectivity index (χ1) is 8.13. The second-order valence-electron chi connectivity index (χ2n) is 3.41. The van der Waals surface area contributed by atoms with Gasteiger partial charge in [0, 0.05) is 0 Å². The molecule has 88 valence electrons. The highest BCUT2D eigenvalue weighted by Crippen LogP contribution is 2.16. The van der Waals surface area contributed by atoms with Crippen LogP contribution in [0.1, 0.15) is 24.9 Å². The maximum absolute atomic E-state index is 11.3. The van der Waals surface area contributed by atoms with Crippen molar-refractivity contribution >= 4 is 11.9 Å². The summed E-state index contributed by atoms with van der Waals surface area (Å²) in [5, 5.41) is 11.4. The number of hydrogen-bond acceptors (Lipinski definition) is 2. The molecule has 0 heterocycles. The van der Waals surface area contributed by atoms with Crippen molar-refractivity contribution in [1.29, 1.82) is 0 Å². The van der Waals surface area contributed by atoms with Crippen LogP contribution < -0.4 is 5.32 Å². The first-order valence-corrected chi connectivity index (χ1v) is 5.13. The number of nitrogens with one attached hydrogen (secondary N) is 1. The minimum atomic E-state index is -0.969. The van der Waals surface area contributed by atoms with Gasteiger partial charge in [-0.3, -0.25) is 9.59 Å². The molecular formula is C13H13NO3. The normalized spacial score (nSPS) is 10.9.